The fourth-order valence-corrected chi connectivity index (χ4v) is 4.21. The highest BCUT2D eigenvalue weighted by Crippen LogP contribution is 2.38. The quantitative estimate of drug-likeness (QED) is 0.0690. The van der Waals surface area contributed by atoms with Crippen molar-refractivity contribution in [3.05, 3.63) is 34.6 Å². The van der Waals surface area contributed by atoms with Crippen molar-refractivity contribution in [2.75, 3.05) is 0 Å². The van der Waals surface area contributed by atoms with Gasteiger partial charge in [0.15, 0.2) is 23.3 Å². The zero-order valence-electron chi connectivity index (χ0n) is 22.3. The van der Waals surface area contributed by atoms with Gasteiger partial charge in [0.25, 0.3) is 5.97 Å². The monoisotopic (exact) mass is 510 g/mol. The molecule has 0 fully saturated rings. The second-order valence-electron chi connectivity index (χ2n) is 9.94. The van der Waals surface area contributed by atoms with Crippen LogP contribution in [-0.2, 0) is 20.6 Å². The van der Waals surface area contributed by atoms with Crippen molar-refractivity contribution in [3.8, 4) is 0 Å². The zero-order valence-corrected chi connectivity index (χ0v) is 22.3. The Kier molecular flexibility index (Phi) is 13.7. The molecule has 0 spiro atoms. The topological polar surface area (TPSA) is 27.7 Å². The van der Waals surface area contributed by atoms with Crippen LogP contribution in [0.1, 0.15) is 105 Å². The van der Waals surface area contributed by atoms with Crippen molar-refractivity contribution in [1.82, 2.24) is 0 Å². The van der Waals surface area contributed by atoms with Crippen LogP contribution in [0.2, 0.25) is 0 Å². The van der Waals surface area contributed by atoms with Gasteiger partial charge < -0.3 is 14.2 Å². The van der Waals surface area contributed by atoms with Gasteiger partial charge in [0, 0.05) is 11.5 Å². The second-order valence-corrected chi connectivity index (χ2v) is 9.94. The van der Waals surface area contributed by atoms with Crippen molar-refractivity contribution >= 4 is 0 Å². The summed E-state index contributed by atoms with van der Waals surface area (Å²) >= 11 is 0. The summed E-state index contributed by atoms with van der Waals surface area (Å²) in [4.78, 5) is 0. The molecule has 0 heterocycles. The summed E-state index contributed by atoms with van der Waals surface area (Å²) in [6.45, 7) is 13.1. The highest BCUT2D eigenvalue weighted by molar-refractivity contribution is 5.24. The number of rotatable bonds is 17. The molecule has 3 nitrogen and oxygen atoms in total. The van der Waals surface area contributed by atoms with Crippen LogP contribution < -0.4 is 0 Å². The van der Waals surface area contributed by atoms with Crippen LogP contribution in [0.4, 0.5) is 22.0 Å². The number of hydrogen-bond acceptors (Lipinski definition) is 3. The Bertz CT molecular complexity index is 712. The second kappa shape index (κ2) is 15.1. The highest BCUT2D eigenvalue weighted by Gasteiger charge is 2.45. The molecule has 0 aliphatic rings. The number of ether oxygens (including phenoxy) is 3. The predicted octanol–water partition coefficient (Wildman–Crippen LogP) is 8.61. The van der Waals surface area contributed by atoms with Gasteiger partial charge in [0.05, 0.1) is 18.3 Å². The zero-order chi connectivity index (χ0) is 26.8. The third-order valence-electron chi connectivity index (χ3n) is 5.65. The molecular weight excluding hydrogens is 467 g/mol. The standard InChI is InChI=1S/C27H43F5O3/c1-8-9-10-11-12-13-14-20(27(33-17(2)3,34-18(4)5)35-19(6)7)15-16-21-22(28)24(30)26(32)25(31)23(21)29/h17-20H,8-16H2,1-7H3. The van der Waals surface area contributed by atoms with E-state index in [-0.39, 0.29) is 31.2 Å². The molecule has 1 atom stereocenters. The Morgan fingerprint density at radius 3 is 1.40 bits per heavy atom. The van der Waals surface area contributed by atoms with E-state index in [9.17, 15) is 22.0 Å². The Hall–Kier alpha value is -1.25. The van der Waals surface area contributed by atoms with Gasteiger partial charge in [0.1, 0.15) is 0 Å². The fraction of sp³-hybridized carbons (Fsp3) is 0.778. The van der Waals surface area contributed by atoms with E-state index >= 15 is 0 Å². The van der Waals surface area contributed by atoms with Crippen molar-refractivity contribution < 1.29 is 36.2 Å². The van der Waals surface area contributed by atoms with Gasteiger partial charge in [-0.15, -0.1) is 0 Å². The lowest BCUT2D eigenvalue weighted by atomic mass is 9.90. The molecule has 0 amide bonds. The fourth-order valence-electron chi connectivity index (χ4n) is 4.21. The number of hydrogen-bond donors (Lipinski definition) is 0. The molecule has 1 aromatic carbocycles. The summed E-state index contributed by atoms with van der Waals surface area (Å²) in [5.41, 5.74) is -0.832. The van der Waals surface area contributed by atoms with Gasteiger partial charge in [-0.1, -0.05) is 45.4 Å². The number of unbranched alkanes of at least 4 members (excludes halogenated alkanes) is 5. The van der Waals surface area contributed by atoms with Gasteiger partial charge >= 0.3 is 0 Å². The summed E-state index contributed by atoms with van der Waals surface area (Å²) in [6, 6.07) is 0. The molecule has 204 valence electrons. The molecule has 8 heteroatoms. The maximum Gasteiger partial charge on any atom is 0.286 e. The van der Waals surface area contributed by atoms with E-state index in [0.717, 1.165) is 38.5 Å². The van der Waals surface area contributed by atoms with Gasteiger partial charge in [0.2, 0.25) is 5.82 Å². The molecule has 0 N–H and O–H groups in total. The molecule has 0 radical (unpaired) electrons. The van der Waals surface area contributed by atoms with E-state index in [4.69, 9.17) is 14.2 Å². The van der Waals surface area contributed by atoms with Crippen LogP contribution >= 0.6 is 0 Å². The van der Waals surface area contributed by atoms with Crippen LogP contribution in [0.15, 0.2) is 0 Å². The van der Waals surface area contributed by atoms with Crippen molar-refractivity contribution in [2.24, 2.45) is 5.92 Å². The summed E-state index contributed by atoms with van der Waals surface area (Å²) in [5.74, 6) is -11.7. The largest absolute Gasteiger partial charge is 0.324 e. The van der Waals surface area contributed by atoms with Gasteiger partial charge in [-0.3, -0.25) is 0 Å². The molecule has 0 saturated heterocycles. The summed E-state index contributed by atoms with van der Waals surface area (Å²) in [6.07, 6.45) is 5.51. The molecule has 1 unspecified atom stereocenters. The Labute approximate surface area is 207 Å². The SMILES string of the molecule is CCCCCCCCC(CCc1c(F)c(F)c(F)c(F)c1F)C(OC(C)C)(OC(C)C)OC(C)C. The predicted molar refractivity (Wildman–Crippen MR) is 127 cm³/mol. The Morgan fingerprint density at radius 1 is 0.571 bits per heavy atom. The molecule has 0 aliphatic heterocycles. The van der Waals surface area contributed by atoms with E-state index in [1.165, 1.54) is 0 Å². The lowest BCUT2D eigenvalue weighted by Crippen LogP contribution is -2.51. The third-order valence-corrected chi connectivity index (χ3v) is 5.65. The molecule has 0 saturated carbocycles. The average Bonchev–Trinajstić information content (AvgIpc) is 2.75. The van der Waals surface area contributed by atoms with Gasteiger partial charge in [-0.25, -0.2) is 22.0 Å². The number of halogens is 5. The van der Waals surface area contributed by atoms with E-state index in [2.05, 4.69) is 6.92 Å². The van der Waals surface area contributed by atoms with E-state index in [0.29, 0.717) is 6.42 Å². The Morgan fingerprint density at radius 2 is 0.971 bits per heavy atom. The van der Waals surface area contributed by atoms with Crippen LogP contribution in [0.25, 0.3) is 0 Å². The molecule has 1 aromatic rings. The number of benzene rings is 1. The highest BCUT2D eigenvalue weighted by atomic mass is 19.2. The molecule has 0 aliphatic carbocycles. The minimum absolute atomic E-state index is 0.0550. The first-order valence-corrected chi connectivity index (χ1v) is 12.9. The minimum atomic E-state index is -2.16. The average molecular weight is 511 g/mol. The van der Waals surface area contributed by atoms with Gasteiger partial charge in [-0.05, 0) is 60.8 Å². The van der Waals surface area contributed by atoms with Gasteiger partial charge in [-0.2, -0.15) is 0 Å². The van der Waals surface area contributed by atoms with E-state index in [1.807, 2.05) is 41.5 Å². The van der Waals surface area contributed by atoms with Crippen molar-refractivity contribution in [1.29, 1.82) is 0 Å². The van der Waals surface area contributed by atoms with Crippen LogP contribution in [0, 0.1) is 35.0 Å². The summed E-state index contributed by atoms with van der Waals surface area (Å²) < 4.78 is 88.5. The maximum atomic E-state index is 14.4. The third kappa shape index (κ3) is 9.62. The molecule has 0 bridgehead atoms. The molecular formula is C27H43F5O3. The molecule has 1 rings (SSSR count). The first-order chi connectivity index (χ1) is 16.4. The summed E-state index contributed by atoms with van der Waals surface area (Å²) in [5, 5.41) is 0. The maximum absolute atomic E-state index is 14.4. The summed E-state index contributed by atoms with van der Waals surface area (Å²) in [7, 11) is 0. The molecule has 0 aromatic heterocycles. The van der Waals surface area contributed by atoms with Crippen LogP contribution in [0.5, 0.6) is 0 Å². The van der Waals surface area contributed by atoms with E-state index in [1.54, 1.807) is 0 Å². The first kappa shape index (κ1) is 31.8. The smallest absolute Gasteiger partial charge is 0.286 e. The van der Waals surface area contributed by atoms with E-state index < -0.39 is 46.5 Å². The lowest BCUT2D eigenvalue weighted by molar-refractivity contribution is -0.433. The van der Waals surface area contributed by atoms with Crippen molar-refractivity contribution in [2.45, 2.75) is 131 Å². The molecule has 35 heavy (non-hydrogen) atoms. The van der Waals surface area contributed by atoms with Crippen molar-refractivity contribution in [3.63, 3.8) is 0 Å². The van der Waals surface area contributed by atoms with Crippen LogP contribution in [-0.4, -0.2) is 24.3 Å². The Balaban J connectivity index is 3.32. The normalized spacial score (nSPS) is 13.5. The van der Waals surface area contributed by atoms with Crippen LogP contribution in [0.3, 0.4) is 0 Å². The first-order valence-electron chi connectivity index (χ1n) is 12.9. The lowest BCUT2D eigenvalue weighted by Gasteiger charge is -2.43. The minimum Gasteiger partial charge on any atom is -0.324 e.